The smallest absolute Gasteiger partial charge is 0.255 e. The Hall–Kier alpha value is -1.46. The van der Waals surface area contributed by atoms with Crippen LogP contribution in [0.3, 0.4) is 0 Å². The summed E-state index contributed by atoms with van der Waals surface area (Å²) < 4.78 is 4.83. The van der Waals surface area contributed by atoms with Crippen LogP contribution in [0.5, 0.6) is 0 Å². The van der Waals surface area contributed by atoms with Crippen molar-refractivity contribution in [2.75, 3.05) is 0 Å². The van der Waals surface area contributed by atoms with Crippen molar-refractivity contribution in [3.05, 3.63) is 29.2 Å². The number of pyridine rings is 1. The lowest BCUT2D eigenvalue weighted by Crippen LogP contribution is -1.91. The fraction of sp³-hybridized carbons (Fsp3) is 0.222. The molecule has 0 spiro atoms. The van der Waals surface area contributed by atoms with Gasteiger partial charge < -0.3 is 9.63 Å². The Labute approximate surface area is 90.7 Å². The number of nitrogens with zero attached hydrogens (tertiary/aromatic N) is 3. The van der Waals surface area contributed by atoms with Crippen LogP contribution >= 0.6 is 11.6 Å². The van der Waals surface area contributed by atoms with Gasteiger partial charge in [-0.15, -0.1) is 0 Å². The fourth-order valence-corrected chi connectivity index (χ4v) is 1.26. The van der Waals surface area contributed by atoms with Gasteiger partial charge in [0.1, 0.15) is 11.8 Å². The molecule has 0 bridgehead atoms. The first-order chi connectivity index (χ1) is 7.18. The van der Waals surface area contributed by atoms with Gasteiger partial charge in [0.2, 0.25) is 5.82 Å². The molecular weight excluding hydrogens is 218 g/mol. The normalized spacial score (nSPS) is 12.7. The van der Waals surface area contributed by atoms with Crippen molar-refractivity contribution in [3.8, 4) is 11.5 Å². The summed E-state index contributed by atoms with van der Waals surface area (Å²) in [6.45, 7) is 1.54. The zero-order chi connectivity index (χ0) is 10.8. The second-order valence-corrected chi connectivity index (χ2v) is 3.37. The number of aliphatic hydroxyl groups is 1. The molecule has 0 aliphatic heterocycles. The third-order valence-electron chi connectivity index (χ3n) is 1.77. The lowest BCUT2D eigenvalue weighted by atomic mass is 10.3. The Kier molecular flexibility index (Phi) is 2.66. The number of halogens is 1. The standard InChI is InChI=1S/C9H8ClN3O2/c1-5(14)9-12-8(13-15-9)7-6(10)3-2-4-11-7/h2-5,14H,1H3/t5-/m0/s1. The minimum absolute atomic E-state index is 0.145. The molecule has 2 aromatic heterocycles. The Morgan fingerprint density at radius 2 is 2.33 bits per heavy atom. The van der Waals surface area contributed by atoms with Gasteiger partial charge in [0.05, 0.1) is 5.02 Å². The molecule has 2 rings (SSSR count). The maximum absolute atomic E-state index is 9.20. The first-order valence-electron chi connectivity index (χ1n) is 4.31. The average molecular weight is 226 g/mol. The number of aromatic nitrogens is 3. The average Bonchev–Trinajstić information content (AvgIpc) is 2.67. The first-order valence-corrected chi connectivity index (χ1v) is 4.69. The zero-order valence-corrected chi connectivity index (χ0v) is 8.64. The molecule has 0 aliphatic carbocycles. The minimum atomic E-state index is -0.797. The van der Waals surface area contributed by atoms with Gasteiger partial charge in [-0.05, 0) is 19.1 Å². The van der Waals surface area contributed by atoms with E-state index < -0.39 is 6.10 Å². The van der Waals surface area contributed by atoms with Crippen LogP contribution in [-0.4, -0.2) is 20.2 Å². The lowest BCUT2D eigenvalue weighted by Gasteiger charge is -1.95. The molecule has 0 amide bonds. The summed E-state index contributed by atoms with van der Waals surface area (Å²) in [6, 6.07) is 3.39. The second kappa shape index (κ2) is 3.96. The highest BCUT2D eigenvalue weighted by Gasteiger charge is 2.15. The zero-order valence-electron chi connectivity index (χ0n) is 7.88. The Morgan fingerprint density at radius 1 is 1.53 bits per heavy atom. The van der Waals surface area contributed by atoms with E-state index in [4.69, 9.17) is 16.1 Å². The van der Waals surface area contributed by atoms with E-state index >= 15 is 0 Å². The highest BCUT2D eigenvalue weighted by atomic mass is 35.5. The van der Waals surface area contributed by atoms with Crippen LogP contribution < -0.4 is 0 Å². The quantitative estimate of drug-likeness (QED) is 0.844. The van der Waals surface area contributed by atoms with Crippen LogP contribution in [0.1, 0.15) is 18.9 Å². The van der Waals surface area contributed by atoms with Crippen LogP contribution in [0.2, 0.25) is 5.02 Å². The van der Waals surface area contributed by atoms with Crippen molar-refractivity contribution < 1.29 is 9.63 Å². The molecule has 1 N–H and O–H groups in total. The predicted octanol–water partition coefficient (Wildman–Crippen LogP) is 1.84. The largest absolute Gasteiger partial charge is 0.384 e. The third kappa shape index (κ3) is 1.98. The van der Waals surface area contributed by atoms with Gasteiger partial charge in [0, 0.05) is 6.20 Å². The summed E-state index contributed by atoms with van der Waals surface area (Å²) in [5.74, 6) is 0.420. The Morgan fingerprint density at radius 3 is 2.93 bits per heavy atom. The van der Waals surface area contributed by atoms with Gasteiger partial charge in [-0.25, -0.2) is 0 Å². The summed E-state index contributed by atoms with van der Waals surface area (Å²) in [7, 11) is 0. The number of hydrogen-bond acceptors (Lipinski definition) is 5. The van der Waals surface area contributed by atoms with Crippen LogP contribution in [0.4, 0.5) is 0 Å². The van der Waals surface area contributed by atoms with Crippen molar-refractivity contribution in [2.24, 2.45) is 0 Å². The monoisotopic (exact) mass is 225 g/mol. The summed E-state index contributed by atoms with van der Waals surface area (Å²) in [5.41, 5.74) is 0.440. The predicted molar refractivity (Wildman–Crippen MR) is 53.2 cm³/mol. The molecule has 15 heavy (non-hydrogen) atoms. The third-order valence-corrected chi connectivity index (χ3v) is 2.07. The summed E-state index contributed by atoms with van der Waals surface area (Å²) in [5, 5.41) is 13.3. The molecule has 0 radical (unpaired) electrons. The van der Waals surface area contributed by atoms with E-state index in [0.717, 1.165) is 0 Å². The van der Waals surface area contributed by atoms with Gasteiger partial charge in [-0.2, -0.15) is 4.98 Å². The molecule has 0 fully saturated rings. The molecule has 6 heteroatoms. The summed E-state index contributed by atoms with van der Waals surface area (Å²) in [6.07, 6.45) is 0.785. The van der Waals surface area contributed by atoms with Crippen molar-refractivity contribution in [2.45, 2.75) is 13.0 Å². The molecule has 0 aromatic carbocycles. The number of rotatable bonds is 2. The molecular formula is C9H8ClN3O2. The van der Waals surface area contributed by atoms with Gasteiger partial charge in [-0.1, -0.05) is 16.8 Å². The van der Waals surface area contributed by atoms with Gasteiger partial charge in [-0.3, -0.25) is 4.98 Å². The van der Waals surface area contributed by atoms with Crippen molar-refractivity contribution in [3.63, 3.8) is 0 Å². The topological polar surface area (TPSA) is 72.0 Å². The van der Waals surface area contributed by atoms with E-state index in [0.29, 0.717) is 10.7 Å². The summed E-state index contributed by atoms with van der Waals surface area (Å²) in [4.78, 5) is 7.99. The molecule has 5 nitrogen and oxygen atoms in total. The lowest BCUT2D eigenvalue weighted by molar-refractivity contribution is 0.152. The first kappa shape index (κ1) is 10.1. The molecule has 1 atom stereocenters. The molecule has 0 saturated carbocycles. The highest BCUT2D eigenvalue weighted by molar-refractivity contribution is 6.32. The van der Waals surface area contributed by atoms with Crippen LogP contribution in [0, 0.1) is 0 Å². The molecule has 0 aliphatic rings. The van der Waals surface area contributed by atoms with Gasteiger partial charge in [0.15, 0.2) is 0 Å². The van der Waals surface area contributed by atoms with E-state index in [1.54, 1.807) is 18.3 Å². The SMILES string of the molecule is C[C@H](O)c1nc(-c2ncccc2Cl)no1. The van der Waals surface area contributed by atoms with Gasteiger partial charge >= 0.3 is 0 Å². The van der Waals surface area contributed by atoms with E-state index in [1.807, 2.05) is 0 Å². The van der Waals surface area contributed by atoms with Crippen molar-refractivity contribution in [1.29, 1.82) is 0 Å². The number of aliphatic hydroxyl groups excluding tert-OH is 1. The molecule has 78 valence electrons. The van der Waals surface area contributed by atoms with Gasteiger partial charge in [0.25, 0.3) is 5.89 Å². The molecule has 0 saturated heterocycles. The Balaban J connectivity index is 2.42. The minimum Gasteiger partial charge on any atom is -0.384 e. The van der Waals surface area contributed by atoms with Crippen LogP contribution in [-0.2, 0) is 0 Å². The molecule has 2 heterocycles. The molecule has 0 unspecified atom stereocenters. The van der Waals surface area contributed by atoms with Crippen LogP contribution in [0.15, 0.2) is 22.9 Å². The molecule has 2 aromatic rings. The van der Waals surface area contributed by atoms with Crippen molar-refractivity contribution in [1.82, 2.24) is 15.1 Å². The maximum Gasteiger partial charge on any atom is 0.255 e. The van der Waals surface area contributed by atoms with E-state index in [2.05, 4.69) is 15.1 Å². The Bertz CT molecular complexity index is 470. The fourth-order valence-electron chi connectivity index (χ4n) is 1.05. The summed E-state index contributed by atoms with van der Waals surface area (Å²) >= 11 is 5.90. The van der Waals surface area contributed by atoms with E-state index in [1.165, 1.54) is 6.92 Å². The highest BCUT2D eigenvalue weighted by Crippen LogP contribution is 2.23. The van der Waals surface area contributed by atoms with E-state index in [9.17, 15) is 5.11 Å². The maximum atomic E-state index is 9.20. The number of hydrogen-bond donors (Lipinski definition) is 1. The van der Waals surface area contributed by atoms with E-state index in [-0.39, 0.29) is 11.7 Å². The van der Waals surface area contributed by atoms with Crippen molar-refractivity contribution >= 4 is 11.6 Å². The van der Waals surface area contributed by atoms with Crippen LogP contribution in [0.25, 0.3) is 11.5 Å². The second-order valence-electron chi connectivity index (χ2n) is 2.97.